The number of hydrogen-bond acceptors (Lipinski definition) is 4. The fourth-order valence-corrected chi connectivity index (χ4v) is 3.08. The van der Waals surface area contributed by atoms with Crippen LogP contribution in [0.5, 0.6) is 0 Å². The minimum atomic E-state index is -1.54. The minimum absolute atomic E-state index is 0.371. The second-order valence-corrected chi connectivity index (χ2v) is 4.66. The van der Waals surface area contributed by atoms with Gasteiger partial charge in [0.1, 0.15) is 0 Å². The summed E-state index contributed by atoms with van der Waals surface area (Å²) in [6.07, 6.45) is 0. The van der Waals surface area contributed by atoms with E-state index < -0.39 is 7.12 Å². The lowest BCUT2D eigenvalue weighted by Crippen LogP contribution is -2.32. The van der Waals surface area contributed by atoms with Crippen molar-refractivity contribution in [1.82, 2.24) is 0 Å². The highest BCUT2D eigenvalue weighted by Gasteiger charge is 2.20. The molecule has 0 spiro atoms. The zero-order valence-electron chi connectivity index (χ0n) is 7.07. The Hall–Kier alpha value is -0.555. The molecule has 72 valence electrons. The molecule has 0 bridgehead atoms. The first kappa shape index (κ1) is 9.98. The first-order valence-electron chi connectivity index (χ1n) is 3.92. The number of anilines is 1. The van der Waals surface area contributed by atoms with Crippen LogP contribution in [-0.4, -0.2) is 17.2 Å². The van der Waals surface area contributed by atoms with E-state index in [9.17, 15) is 10.0 Å². The van der Waals surface area contributed by atoms with Gasteiger partial charge in [-0.25, -0.2) is 0 Å². The number of hydrogen-bond donors (Lipinski definition) is 3. The summed E-state index contributed by atoms with van der Waals surface area (Å²) in [6, 6.07) is 3.55. The number of rotatable bonds is 1. The molecule has 0 saturated carbocycles. The van der Waals surface area contributed by atoms with E-state index in [1.807, 2.05) is 11.4 Å². The Kier molecular flexibility index (Phi) is 2.53. The van der Waals surface area contributed by atoms with Gasteiger partial charge in [0, 0.05) is 31.1 Å². The lowest BCUT2D eigenvalue weighted by Gasteiger charge is -2.06. The normalized spacial score (nSPS) is 10.8. The quantitative estimate of drug-likeness (QED) is 0.534. The molecule has 0 unspecified atom stereocenters. The molecule has 1 aromatic heterocycles. The zero-order valence-corrected chi connectivity index (χ0v) is 9.47. The first-order chi connectivity index (χ1) is 6.61. The lowest BCUT2D eigenvalue weighted by molar-refractivity contribution is 0.426. The third kappa shape index (κ3) is 1.44. The van der Waals surface area contributed by atoms with Crippen molar-refractivity contribution in [3.05, 3.63) is 22.0 Å². The number of thiophene rings is 1. The molecular formula is C8H7BBrNO2S. The fourth-order valence-electron chi connectivity index (χ4n) is 1.41. The van der Waals surface area contributed by atoms with Crippen LogP contribution in [0.4, 0.5) is 5.69 Å². The van der Waals surface area contributed by atoms with Crippen molar-refractivity contribution in [2.75, 3.05) is 5.73 Å². The standard InChI is InChI=1S/C8H7BBrNO2S/c10-4-3-14-6-2-1-5(11)8(7(4)6)9(12)13/h1-3,12-13H,11H2. The Morgan fingerprint density at radius 1 is 1.36 bits per heavy atom. The molecule has 0 radical (unpaired) electrons. The van der Waals surface area contributed by atoms with Crippen LogP contribution in [-0.2, 0) is 0 Å². The molecule has 1 aromatic carbocycles. The molecule has 0 aliphatic heterocycles. The van der Waals surface area contributed by atoms with Crippen LogP contribution in [0.25, 0.3) is 10.1 Å². The monoisotopic (exact) mass is 271 g/mol. The summed E-state index contributed by atoms with van der Waals surface area (Å²) in [6.45, 7) is 0. The van der Waals surface area contributed by atoms with Gasteiger partial charge in [0.15, 0.2) is 0 Å². The van der Waals surface area contributed by atoms with Gasteiger partial charge in [-0.1, -0.05) is 0 Å². The predicted octanol–water partition coefficient (Wildman–Crippen LogP) is 0.926. The Labute approximate surface area is 93.4 Å². The Morgan fingerprint density at radius 3 is 2.71 bits per heavy atom. The smallest absolute Gasteiger partial charge is 0.423 e. The highest BCUT2D eigenvalue weighted by Crippen LogP contribution is 2.30. The summed E-state index contributed by atoms with van der Waals surface area (Å²) in [5, 5.41) is 21.1. The van der Waals surface area contributed by atoms with Gasteiger partial charge in [-0.2, -0.15) is 0 Å². The van der Waals surface area contributed by atoms with Crippen LogP contribution in [0.2, 0.25) is 0 Å². The Bertz CT molecular complexity index is 485. The molecule has 0 atom stereocenters. The molecule has 4 N–H and O–H groups in total. The summed E-state index contributed by atoms with van der Waals surface area (Å²) in [5.74, 6) is 0. The molecule has 2 aromatic rings. The maximum absolute atomic E-state index is 9.20. The van der Waals surface area contributed by atoms with E-state index in [2.05, 4.69) is 15.9 Å². The summed E-state index contributed by atoms with van der Waals surface area (Å²) in [4.78, 5) is 0. The Balaban J connectivity index is 2.87. The number of nitrogens with two attached hydrogens (primary N) is 1. The van der Waals surface area contributed by atoms with Crippen LogP contribution in [0.1, 0.15) is 0 Å². The third-order valence-corrected chi connectivity index (χ3v) is 3.90. The zero-order chi connectivity index (χ0) is 10.3. The first-order valence-corrected chi connectivity index (χ1v) is 5.59. The van der Waals surface area contributed by atoms with Crippen LogP contribution < -0.4 is 11.2 Å². The minimum Gasteiger partial charge on any atom is -0.423 e. The van der Waals surface area contributed by atoms with Gasteiger partial charge in [-0.05, 0) is 28.1 Å². The molecule has 6 heteroatoms. The van der Waals surface area contributed by atoms with E-state index in [1.165, 1.54) is 11.3 Å². The molecular weight excluding hydrogens is 265 g/mol. The molecule has 0 fully saturated rings. The van der Waals surface area contributed by atoms with Gasteiger partial charge in [-0.15, -0.1) is 11.3 Å². The topological polar surface area (TPSA) is 66.5 Å². The van der Waals surface area contributed by atoms with Gasteiger partial charge in [-0.3, -0.25) is 0 Å². The number of nitrogen functional groups attached to an aromatic ring is 1. The van der Waals surface area contributed by atoms with E-state index in [0.717, 1.165) is 14.6 Å². The maximum atomic E-state index is 9.20. The molecule has 1 heterocycles. The van der Waals surface area contributed by atoms with E-state index in [4.69, 9.17) is 5.73 Å². The number of halogens is 1. The van der Waals surface area contributed by atoms with Gasteiger partial charge >= 0.3 is 7.12 Å². The number of benzene rings is 1. The molecule has 0 saturated heterocycles. The second-order valence-electron chi connectivity index (χ2n) is 2.90. The Morgan fingerprint density at radius 2 is 2.07 bits per heavy atom. The summed E-state index contributed by atoms with van der Waals surface area (Å²) >= 11 is 4.88. The van der Waals surface area contributed by atoms with Crippen molar-refractivity contribution in [1.29, 1.82) is 0 Å². The van der Waals surface area contributed by atoms with Crippen LogP contribution >= 0.6 is 27.3 Å². The average molecular weight is 272 g/mol. The SMILES string of the molecule is Nc1ccc2scc(Br)c2c1B(O)O. The average Bonchev–Trinajstić information content (AvgIpc) is 2.47. The lowest BCUT2D eigenvalue weighted by atomic mass is 9.77. The van der Waals surface area contributed by atoms with Gasteiger partial charge in [0.05, 0.1) is 0 Å². The highest BCUT2D eigenvalue weighted by atomic mass is 79.9. The van der Waals surface area contributed by atoms with Crippen LogP contribution in [0.15, 0.2) is 22.0 Å². The van der Waals surface area contributed by atoms with Crippen molar-refractivity contribution in [3.63, 3.8) is 0 Å². The summed E-state index contributed by atoms with van der Waals surface area (Å²) < 4.78 is 1.82. The molecule has 3 nitrogen and oxygen atoms in total. The highest BCUT2D eigenvalue weighted by molar-refractivity contribution is 9.10. The third-order valence-electron chi connectivity index (χ3n) is 2.03. The number of fused-ring (bicyclic) bond motifs is 1. The van der Waals surface area contributed by atoms with E-state index in [1.54, 1.807) is 6.07 Å². The molecule has 14 heavy (non-hydrogen) atoms. The van der Waals surface area contributed by atoms with Crippen LogP contribution in [0.3, 0.4) is 0 Å². The summed E-state index contributed by atoms with van der Waals surface area (Å²) in [5.41, 5.74) is 6.45. The predicted molar refractivity (Wildman–Crippen MR) is 63.8 cm³/mol. The van der Waals surface area contributed by atoms with E-state index in [-0.39, 0.29) is 0 Å². The van der Waals surface area contributed by atoms with Gasteiger partial charge in [0.25, 0.3) is 0 Å². The largest absolute Gasteiger partial charge is 0.491 e. The maximum Gasteiger partial charge on any atom is 0.491 e. The van der Waals surface area contributed by atoms with Crippen molar-refractivity contribution < 1.29 is 10.0 Å². The fraction of sp³-hybridized carbons (Fsp3) is 0. The summed E-state index contributed by atoms with van der Waals surface area (Å²) in [7, 11) is -1.54. The van der Waals surface area contributed by atoms with Crippen molar-refractivity contribution in [2.24, 2.45) is 0 Å². The molecule has 2 rings (SSSR count). The van der Waals surface area contributed by atoms with E-state index >= 15 is 0 Å². The molecule has 0 aliphatic carbocycles. The molecule has 0 amide bonds. The van der Waals surface area contributed by atoms with Gasteiger partial charge in [0.2, 0.25) is 0 Å². The van der Waals surface area contributed by atoms with Crippen molar-refractivity contribution in [3.8, 4) is 0 Å². The van der Waals surface area contributed by atoms with Gasteiger partial charge < -0.3 is 15.8 Å². The second kappa shape index (κ2) is 3.54. The van der Waals surface area contributed by atoms with Crippen molar-refractivity contribution in [2.45, 2.75) is 0 Å². The van der Waals surface area contributed by atoms with Crippen LogP contribution in [0, 0.1) is 0 Å². The molecule has 0 aliphatic rings. The van der Waals surface area contributed by atoms with Crippen molar-refractivity contribution >= 4 is 55.6 Å². The van der Waals surface area contributed by atoms with E-state index in [0.29, 0.717) is 11.2 Å².